The van der Waals surface area contributed by atoms with E-state index in [9.17, 15) is 9.59 Å². The molecule has 4 aromatic rings. The van der Waals surface area contributed by atoms with Gasteiger partial charge < -0.3 is 5.32 Å². The molecule has 0 bridgehead atoms. The normalized spacial score (nSPS) is 15.0. The van der Waals surface area contributed by atoms with Crippen molar-refractivity contribution in [2.45, 2.75) is 18.6 Å². The molecule has 5 rings (SSSR count). The number of aromatic nitrogens is 3. The van der Waals surface area contributed by atoms with Gasteiger partial charge in [0.25, 0.3) is 5.91 Å². The first kappa shape index (κ1) is 20.9. The largest absolute Gasteiger partial charge is 0.325 e. The molecule has 8 heteroatoms. The molecule has 2 heterocycles. The molecule has 7 nitrogen and oxygen atoms in total. The second-order valence-corrected chi connectivity index (χ2v) is 8.21. The highest BCUT2D eigenvalue weighted by Crippen LogP contribution is 2.36. The number of nitrogens with one attached hydrogen (secondary N) is 1. The Bertz CT molecular complexity index is 1270. The Hall–Kier alpha value is -3.97. The van der Waals surface area contributed by atoms with Gasteiger partial charge in [-0.05, 0) is 22.8 Å². The fourth-order valence-electron chi connectivity index (χ4n) is 4.11. The van der Waals surface area contributed by atoms with E-state index in [2.05, 4.69) is 15.6 Å². The summed E-state index contributed by atoms with van der Waals surface area (Å²) in [6.45, 7) is 0.444. The molecule has 1 N–H and O–H groups in total. The van der Waals surface area contributed by atoms with Crippen LogP contribution < -0.4 is 5.32 Å². The van der Waals surface area contributed by atoms with Gasteiger partial charge in [0.1, 0.15) is 5.69 Å². The SMILES string of the molecule is O=C1NC(c2ccccc2)(c2ccccc2)C(=O)N1Cc1cn(Cc2ccccc2Cl)nn1. The number of carbonyl (C=O) groups is 2. The molecule has 0 spiro atoms. The van der Waals surface area contributed by atoms with Crippen LogP contribution in [0.25, 0.3) is 0 Å². The van der Waals surface area contributed by atoms with Crippen molar-refractivity contribution in [1.29, 1.82) is 0 Å². The predicted molar refractivity (Wildman–Crippen MR) is 123 cm³/mol. The molecular formula is C25H20ClN5O2. The third-order valence-electron chi connectivity index (χ3n) is 5.72. The van der Waals surface area contributed by atoms with E-state index in [1.807, 2.05) is 84.9 Å². The zero-order valence-electron chi connectivity index (χ0n) is 17.6. The summed E-state index contributed by atoms with van der Waals surface area (Å²) in [5, 5.41) is 11.9. The van der Waals surface area contributed by atoms with Gasteiger partial charge in [0.15, 0.2) is 5.54 Å². The maximum Gasteiger partial charge on any atom is 0.325 e. The second kappa shape index (κ2) is 8.52. The molecule has 3 aromatic carbocycles. The van der Waals surface area contributed by atoms with Gasteiger partial charge >= 0.3 is 6.03 Å². The van der Waals surface area contributed by atoms with Crippen molar-refractivity contribution in [3.63, 3.8) is 0 Å². The van der Waals surface area contributed by atoms with E-state index >= 15 is 0 Å². The van der Waals surface area contributed by atoms with E-state index in [1.54, 1.807) is 10.9 Å². The van der Waals surface area contributed by atoms with Gasteiger partial charge in [-0.1, -0.05) is 95.7 Å². The van der Waals surface area contributed by atoms with Gasteiger partial charge in [-0.25, -0.2) is 9.48 Å². The number of urea groups is 1. The van der Waals surface area contributed by atoms with Crippen molar-refractivity contribution in [2.24, 2.45) is 0 Å². The number of amides is 3. The van der Waals surface area contributed by atoms with Gasteiger partial charge in [-0.15, -0.1) is 5.10 Å². The summed E-state index contributed by atoms with van der Waals surface area (Å²) >= 11 is 6.24. The quantitative estimate of drug-likeness (QED) is 0.444. The van der Waals surface area contributed by atoms with Crippen molar-refractivity contribution in [3.05, 3.63) is 119 Å². The molecule has 0 unspecified atom stereocenters. The van der Waals surface area contributed by atoms with E-state index in [4.69, 9.17) is 11.6 Å². The fourth-order valence-corrected chi connectivity index (χ4v) is 4.30. The number of carbonyl (C=O) groups excluding carboxylic acids is 2. The predicted octanol–water partition coefficient (Wildman–Crippen LogP) is 3.98. The number of nitrogens with zero attached hydrogens (tertiary/aromatic N) is 4. The summed E-state index contributed by atoms with van der Waals surface area (Å²) in [5.74, 6) is -0.356. The molecule has 1 aliphatic rings. The molecule has 164 valence electrons. The molecule has 0 atom stereocenters. The number of imide groups is 1. The third-order valence-corrected chi connectivity index (χ3v) is 6.08. The number of benzene rings is 3. The lowest BCUT2D eigenvalue weighted by Crippen LogP contribution is -2.45. The topological polar surface area (TPSA) is 80.1 Å². The summed E-state index contributed by atoms with van der Waals surface area (Å²) in [5.41, 5.74) is 1.49. The number of hydrogen-bond acceptors (Lipinski definition) is 4. The molecule has 1 fully saturated rings. The van der Waals surface area contributed by atoms with Crippen molar-refractivity contribution < 1.29 is 9.59 Å². The maximum atomic E-state index is 13.8. The summed E-state index contributed by atoms with van der Waals surface area (Å²) in [6, 6.07) is 25.5. The lowest BCUT2D eigenvalue weighted by Gasteiger charge is -2.27. The Morgan fingerprint density at radius 1 is 0.818 bits per heavy atom. The Labute approximate surface area is 195 Å². The Kier molecular flexibility index (Phi) is 5.40. The minimum Gasteiger partial charge on any atom is -0.315 e. The van der Waals surface area contributed by atoms with Crippen LogP contribution in [0, 0.1) is 0 Å². The Morgan fingerprint density at radius 3 is 2.06 bits per heavy atom. The lowest BCUT2D eigenvalue weighted by molar-refractivity contribution is -0.130. The Morgan fingerprint density at radius 2 is 1.42 bits per heavy atom. The second-order valence-electron chi connectivity index (χ2n) is 7.80. The van der Waals surface area contributed by atoms with Crippen LogP contribution in [-0.2, 0) is 23.4 Å². The molecule has 0 saturated carbocycles. The highest BCUT2D eigenvalue weighted by molar-refractivity contribution is 6.31. The zero-order chi connectivity index (χ0) is 22.8. The first-order valence-electron chi connectivity index (χ1n) is 10.5. The lowest BCUT2D eigenvalue weighted by atomic mass is 9.82. The van der Waals surface area contributed by atoms with Crippen molar-refractivity contribution in [3.8, 4) is 0 Å². The average Bonchev–Trinajstić information content (AvgIpc) is 3.39. The monoisotopic (exact) mass is 457 g/mol. The minimum absolute atomic E-state index is 0.00854. The third kappa shape index (κ3) is 3.76. The van der Waals surface area contributed by atoms with Crippen LogP contribution in [0.15, 0.2) is 91.1 Å². The summed E-state index contributed by atoms with van der Waals surface area (Å²) in [7, 11) is 0. The number of hydrogen-bond donors (Lipinski definition) is 1. The van der Waals surface area contributed by atoms with Gasteiger partial charge in [0, 0.05) is 5.02 Å². The van der Waals surface area contributed by atoms with Crippen molar-refractivity contribution >= 4 is 23.5 Å². The number of halogens is 1. The van der Waals surface area contributed by atoms with Gasteiger partial charge in [0.05, 0.1) is 19.3 Å². The Balaban J connectivity index is 1.44. The van der Waals surface area contributed by atoms with Crippen molar-refractivity contribution in [1.82, 2.24) is 25.2 Å². The molecule has 1 saturated heterocycles. The molecule has 0 aliphatic carbocycles. The van der Waals surface area contributed by atoms with E-state index < -0.39 is 11.6 Å². The van der Waals surface area contributed by atoms with Gasteiger partial charge in [0.2, 0.25) is 0 Å². The average molecular weight is 458 g/mol. The first-order chi connectivity index (χ1) is 16.1. The fraction of sp³-hybridized carbons (Fsp3) is 0.120. The van der Waals surface area contributed by atoms with Crippen LogP contribution in [0.4, 0.5) is 4.79 Å². The van der Waals surface area contributed by atoms with Gasteiger partial charge in [-0.2, -0.15) is 0 Å². The smallest absolute Gasteiger partial charge is 0.315 e. The van der Waals surface area contributed by atoms with Gasteiger partial charge in [-0.3, -0.25) is 9.69 Å². The van der Waals surface area contributed by atoms with Crippen LogP contribution in [0.2, 0.25) is 5.02 Å². The zero-order valence-corrected chi connectivity index (χ0v) is 18.3. The molecule has 3 amide bonds. The summed E-state index contributed by atoms with van der Waals surface area (Å²) in [6.07, 6.45) is 1.72. The highest BCUT2D eigenvalue weighted by Gasteiger charge is 2.53. The van der Waals surface area contributed by atoms with E-state index in [-0.39, 0.29) is 12.5 Å². The maximum absolute atomic E-state index is 13.8. The van der Waals surface area contributed by atoms with Crippen LogP contribution in [-0.4, -0.2) is 31.8 Å². The minimum atomic E-state index is -1.30. The first-order valence-corrected chi connectivity index (χ1v) is 10.8. The molecule has 1 aliphatic heterocycles. The van der Waals surface area contributed by atoms with Crippen molar-refractivity contribution in [2.75, 3.05) is 0 Å². The van der Waals surface area contributed by atoms with Crippen LogP contribution in [0.5, 0.6) is 0 Å². The van der Waals surface area contributed by atoms with E-state index in [0.717, 1.165) is 5.56 Å². The molecular weight excluding hydrogens is 438 g/mol. The van der Waals surface area contributed by atoms with Crippen LogP contribution in [0.1, 0.15) is 22.4 Å². The number of rotatable bonds is 6. The van der Waals surface area contributed by atoms with E-state index in [1.165, 1.54) is 4.90 Å². The van der Waals surface area contributed by atoms with E-state index in [0.29, 0.717) is 28.4 Å². The van der Waals surface area contributed by atoms with Crippen LogP contribution >= 0.6 is 11.6 Å². The summed E-state index contributed by atoms with van der Waals surface area (Å²) in [4.78, 5) is 28.0. The summed E-state index contributed by atoms with van der Waals surface area (Å²) < 4.78 is 1.64. The molecule has 33 heavy (non-hydrogen) atoms. The molecule has 1 aromatic heterocycles. The van der Waals surface area contributed by atoms with Crippen LogP contribution in [0.3, 0.4) is 0 Å². The molecule has 0 radical (unpaired) electrons. The highest BCUT2D eigenvalue weighted by atomic mass is 35.5. The standard InChI is InChI=1S/C25H20ClN5O2/c26-22-14-8-7-9-18(22)15-30-16-21(28-29-30)17-31-23(32)25(27-24(31)33,19-10-3-1-4-11-19)20-12-5-2-6-13-20/h1-14,16H,15,17H2,(H,27,33).